The van der Waals surface area contributed by atoms with Crippen LogP contribution >= 0.6 is 0 Å². The van der Waals surface area contributed by atoms with Gasteiger partial charge in [-0.05, 0) is 25.3 Å². The van der Waals surface area contributed by atoms with Crippen LogP contribution in [0.5, 0.6) is 0 Å². The number of ketones is 1. The summed E-state index contributed by atoms with van der Waals surface area (Å²) in [6.45, 7) is 1.65. The predicted molar refractivity (Wildman–Crippen MR) is 87.5 cm³/mol. The van der Waals surface area contributed by atoms with Crippen LogP contribution in [0.4, 0.5) is 0 Å². The quantitative estimate of drug-likeness (QED) is 0.615. The normalized spacial score (nSPS) is 18.0. The third-order valence-electron chi connectivity index (χ3n) is 4.76. The minimum Gasteiger partial charge on any atom is -0.363 e. The van der Waals surface area contributed by atoms with Crippen LogP contribution in [-0.2, 0) is 20.8 Å². The van der Waals surface area contributed by atoms with Crippen molar-refractivity contribution in [1.29, 1.82) is 0 Å². The van der Waals surface area contributed by atoms with E-state index in [0.717, 1.165) is 37.7 Å². The van der Waals surface area contributed by atoms with Crippen LogP contribution in [0.15, 0.2) is 30.3 Å². The molecule has 1 unspecified atom stereocenters. The monoisotopic (exact) mass is 316 g/mol. The molecule has 1 aliphatic rings. The first-order valence-electron chi connectivity index (χ1n) is 8.11. The van der Waals surface area contributed by atoms with Crippen LogP contribution in [-0.4, -0.2) is 34.6 Å². The Bertz CT molecular complexity index is 567. The molecule has 1 aromatic carbocycles. The number of nitrogens with two attached hydrogens (primary N) is 1. The summed E-state index contributed by atoms with van der Waals surface area (Å²) < 4.78 is 0. The fourth-order valence-electron chi connectivity index (χ4n) is 3.51. The van der Waals surface area contributed by atoms with Crippen molar-refractivity contribution >= 4 is 18.1 Å². The molecule has 23 heavy (non-hydrogen) atoms. The third-order valence-corrected chi connectivity index (χ3v) is 4.76. The third kappa shape index (κ3) is 3.78. The van der Waals surface area contributed by atoms with Gasteiger partial charge in [0, 0.05) is 12.5 Å². The van der Waals surface area contributed by atoms with Gasteiger partial charge in [0.1, 0.15) is 5.54 Å². The van der Waals surface area contributed by atoms with Gasteiger partial charge in [-0.3, -0.25) is 14.4 Å². The Hall–Kier alpha value is -2.17. The van der Waals surface area contributed by atoms with Crippen molar-refractivity contribution in [3.05, 3.63) is 35.9 Å². The van der Waals surface area contributed by atoms with E-state index in [2.05, 4.69) is 0 Å². The largest absolute Gasteiger partial charge is 0.363 e. The molecule has 2 amide bonds. The van der Waals surface area contributed by atoms with Gasteiger partial charge in [-0.1, -0.05) is 49.6 Å². The van der Waals surface area contributed by atoms with E-state index in [1.807, 2.05) is 30.3 Å². The average Bonchev–Trinajstić information content (AvgIpc) is 2.56. The van der Waals surface area contributed by atoms with E-state index in [1.165, 1.54) is 4.90 Å². The summed E-state index contributed by atoms with van der Waals surface area (Å²) in [7, 11) is 0. The molecule has 1 atom stereocenters. The molecule has 0 radical (unpaired) electrons. The molecule has 0 aromatic heterocycles. The number of carbonyl (C=O) groups excluding carboxylic acids is 3. The summed E-state index contributed by atoms with van der Waals surface area (Å²) in [5, 5.41) is 0. The van der Waals surface area contributed by atoms with Crippen molar-refractivity contribution in [2.24, 2.45) is 5.73 Å². The van der Waals surface area contributed by atoms with Crippen LogP contribution in [0.25, 0.3) is 0 Å². The highest BCUT2D eigenvalue weighted by Gasteiger charge is 2.44. The number of primary amides is 1. The van der Waals surface area contributed by atoms with Crippen molar-refractivity contribution in [2.45, 2.75) is 57.0 Å². The lowest BCUT2D eigenvalue weighted by molar-refractivity contribution is -0.148. The lowest BCUT2D eigenvalue weighted by Crippen LogP contribution is -2.60. The Morgan fingerprint density at radius 1 is 1.22 bits per heavy atom. The fourth-order valence-corrected chi connectivity index (χ4v) is 3.51. The molecule has 1 fully saturated rings. The SMILES string of the molecule is CC(Cc1ccccc1)(C(=O)C(N)=O)N(C=O)C1CCCCC1. The first-order chi connectivity index (χ1) is 11.0. The molecule has 2 rings (SSSR count). The van der Waals surface area contributed by atoms with E-state index in [1.54, 1.807) is 6.92 Å². The maximum atomic E-state index is 12.5. The van der Waals surface area contributed by atoms with Gasteiger partial charge < -0.3 is 10.6 Å². The number of nitrogens with zero attached hydrogens (tertiary/aromatic N) is 1. The fraction of sp³-hybridized carbons (Fsp3) is 0.500. The Morgan fingerprint density at radius 2 is 1.83 bits per heavy atom. The summed E-state index contributed by atoms with van der Waals surface area (Å²) >= 11 is 0. The van der Waals surface area contributed by atoms with Crippen molar-refractivity contribution < 1.29 is 14.4 Å². The standard InChI is InChI=1S/C18H24N2O3/c1-18(16(22)17(19)23,12-14-8-4-2-5-9-14)20(13-21)15-10-6-3-7-11-15/h2,4-5,8-9,13,15H,3,6-7,10-12H2,1H3,(H2,19,23). The van der Waals surface area contributed by atoms with Crippen molar-refractivity contribution in [3.8, 4) is 0 Å². The van der Waals surface area contributed by atoms with Crippen LogP contribution in [0, 0.1) is 0 Å². The maximum Gasteiger partial charge on any atom is 0.287 e. The summed E-state index contributed by atoms with van der Waals surface area (Å²) in [4.78, 5) is 37.4. The van der Waals surface area contributed by atoms with Gasteiger partial charge in [0.25, 0.3) is 5.91 Å². The summed E-state index contributed by atoms with van der Waals surface area (Å²) in [5.74, 6) is -1.70. The number of benzene rings is 1. The molecule has 2 N–H and O–H groups in total. The van der Waals surface area contributed by atoms with Crippen LogP contribution in [0.1, 0.15) is 44.6 Å². The molecular formula is C18H24N2O3. The zero-order valence-electron chi connectivity index (χ0n) is 13.5. The number of Topliss-reactive ketones (excluding diaryl/α,β-unsaturated/α-hetero) is 1. The predicted octanol–water partition coefficient (Wildman–Crippen LogP) is 1.83. The minimum atomic E-state index is -1.24. The zero-order chi connectivity index (χ0) is 16.9. The van der Waals surface area contributed by atoms with Gasteiger partial charge in [0.05, 0.1) is 0 Å². The van der Waals surface area contributed by atoms with Gasteiger partial charge in [-0.2, -0.15) is 0 Å². The van der Waals surface area contributed by atoms with Crippen LogP contribution in [0.2, 0.25) is 0 Å². The Kier molecular flexibility index (Phi) is 5.53. The molecule has 5 nitrogen and oxygen atoms in total. The van der Waals surface area contributed by atoms with E-state index >= 15 is 0 Å². The second-order valence-corrected chi connectivity index (χ2v) is 6.43. The molecule has 124 valence electrons. The highest BCUT2D eigenvalue weighted by molar-refractivity contribution is 6.39. The lowest BCUT2D eigenvalue weighted by Gasteiger charge is -2.43. The smallest absolute Gasteiger partial charge is 0.287 e. The number of hydrogen-bond donors (Lipinski definition) is 1. The first-order valence-corrected chi connectivity index (χ1v) is 8.11. The van der Waals surface area contributed by atoms with Gasteiger partial charge in [0.2, 0.25) is 12.2 Å². The maximum absolute atomic E-state index is 12.5. The highest BCUT2D eigenvalue weighted by atomic mass is 16.2. The van der Waals surface area contributed by atoms with Crippen molar-refractivity contribution in [2.75, 3.05) is 0 Å². The topological polar surface area (TPSA) is 80.5 Å². The summed E-state index contributed by atoms with van der Waals surface area (Å²) in [5.41, 5.74) is 4.92. The summed E-state index contributed by atoms with van der Waals surface area (Å²) in [6.07, 6.45) is 5.90. The van der Waals surface area contributed by atoms with Gasteiger partial charge >= 0.3 is 0 Å². The number of rotatable bonds is 7. The van der Waals surface area contributed by atoms with Crippen molar-refractivity contribution in [1.82, 2.24) is 4.90 Å². The van der Waals surface area contributed by atoms with E-state index in [-0.39, 0.29) is 12.5 Å². The number of amides is 2. The van der Waals surface area contributed by atoms with E-state index in [4.69, 9.17) is 5.73 Å². The second-order valence-electron chi connectivity index (χ2n) is 6.43. The van der Waals surface area contributed by atoms with Crippen LogP contribution < -0.4 is 5.73 Å². The molecule has 1 saturated carbocycles. The Labute approximate surface area is 136 Å². The van der Waals surface area contributed by atoms with Gasteiger partial charge in [0.15, 0.2) is 0 Å². The molecular weight excluding hydrogens is 292 g/mol. The Morgan fingerprint density at radius 3 is 2.35 bits per heavy atom. The average molecular weight is 316 g/mol. The number of carbonyl (C=O) groups is 3. The van der Waals surface area contributed by atoms with E-state index in [0.29, 0.717) is 6.41 Å². The lowest BCUT2D eigenvalue weighted by atomic mass is 9.83. The first kappa shape index (κ1) is 17.2. The number of hydrogen-bond acceptors (Lipinski definition) is 3. The molecule has 0 spiro atoms. The van der Waals surface area contributed by atoms with Crippen LogP contribution in [0.3, 0.4) is 0 Å². The minimum absolute atomic E-state index is 0.0155. The molecule has 1 aromatic rings. The zero-order valence-corrected chi connectivity index (χ0v) is 13.5. The molecule has 5 heteroatoms. The van der Waals surface area contributed by atoms with E-state index < -0.39 is 17.2 Å². The Balaban J connectivity index is 2.36. The highest BCUT2D eigenvalue weighted by Crippen LogP contribution is 2.30. The van der Waals surface area contributed by atoms with E-state index in [9.17, 15) is 14.4 Å². The second kappa shape index (κ2) is 7.40. The molecule has 0 bridgehead atoms. The molecule has 0 heterocycles. The van der Waals surface area contributed by atoms with Gasteiger partial charge in [-0.25, -0.2) is 0 Å². The molecule has 0 saturated heterocycles. The molecule has 1 aliphatic carbocycles. The van der Waals surface area contributed by atoms with Crippen molar-refractivity contribution in [3.63, 3.8) is 0 Å². The molecule has 0 aliphatic heterocycles. The summed E-state index contributed by atoms with van der Waals surface area (Å²) in [6, 6.07) is 9.38. The van der Waals surface area contributed by atoms with Gasteiger partial charge in [-0.15, -0.1) is 0 Å².